The number of hydrogen-bond acceptors (Lipinski definition) is 2. The number of halogens is 3. The molecule has 0 unspecified atom stereocenters. The van der Waals surface area contributed by atoms with E-state index in [0.29, 0.717) is 16.0 Å². The van der Waals surface area contributed by atoms with E-state index in [-0.39, 0.29) is 5.82 Å². The van der Waals surface area contributed by atoms with Crippen molar-refractivity contribution in [2.75, 3.05) is 6.54 Å². The van der Waals surface area contributed by atoms with E-state index in [0.717, 1.165) is 17.6 Å². The number of benzene rings is 2. The Morgan fingerprint density at radius 1 is 1.10 bits per heavy atom. The topological polar surface area (TPSA) is 21.3 Å². The van der Waals surface area contributed by atoms with Gasteiger partial charge in [0.2, 0.25) is 0 Å². The molecule has 2 nitrogen and oxygen atoms in total. The highest BCUT2D eigenvalue weighted by molar-refractivity contribution is 9.10. The average molecular weight is 403 g/mol. The molecule has 0 fully saturated rings. The summed E-state index contributed by atoms with van der Waals surface area (Å²) in [5.41, 5.74) is 1.17. The fourth-order valence-electron chi connectivity index (χ4n) is 1.67. The molecule has 0 bridgehead atoms. The number of rotatable bonds is 5. The minimum atomic E-state index is -0.308. The van der Waals surface area contributed by atoms with E-state index in [2.05, 4.69) is 44.1 Å². The molecule has 2 aromatic carbocycles. The second kappa shape index (κ2) is 7.20. The van der Waals surface area contributed by atoms with Gasteiger partial charge in [0.1, 0.15) is 17.3 Å². The average Bonchev–Trinajstić information content (AvgIpc) is 2.43. The third-order valence-corrected chi connectivity index (χ3v) is 3.92. The first kappa shape index (κ1) is 15.5. The van der Waals surface area contributed by atoms with Crippen molar-refractivity contribution >= 4 is 31.9 Å². The van der Waals surface area contributed by atoms with Gasteiger partial charge in [0.15, 0.2) is 0 Å². The molecule has 0 saturated heterocycles. The number of nitrogens with one attached hydrogen (secondary N) is 1. The van der Waals surface area contributed by atoms with E-state index in [1.165, 1.54) is 11.6 Å². The summed E-state index contributed by atoms with van der Waals surface area (Å²) in [6.07, 6.45) is 0. The Morgan fingerprint density at radius 3 is 2.55 bits per heavy atom. The van der Waals surface area contributed by atoms with Gasteiger partial charge in [0.25, 0.3) is 0 Å². The summed E-state index contributed by atoms with van der Waals surface area (Å²) in [4.78, 5) is 0. The molecule has 0 amide bonds. The predicted octanol–water partition coefficient (Wildman–Crippen LogP) is 5.25. The Kier molecular flexibility index (Phi) is 5.57. The van der Waals surface area contributed by atoms with Gasteiger partial charge in [0, 0.05) is 6.54 Å². The Labute approximate surface area is 134 Å². The molecule has 0 radical (unpaired) electrons. The van der Waals surface area contributed by atoms with Crippen LogP contribution >= 0.6 is 31.9 Å². The molecule has 0 aliphatic rings. The summed E-state index contributed by atoms with van der Waals surface area (Å²) in [6, 6.07) is 10.5. The summed E-state index contributed by atoms with van der Waals surface area (Å²) < 4.78 is 20.2. The van der Waals surface area contributed by atoms with Crippen LogP contribution in [0, 0.1) is 5.82 Å². The quantitative estimate of drug-likeness (QED) is 0.737. The summed E-state index contributed by atoms with van der Waals surface area (Å²) in [7, 11) is 0. The molecule has 0 heterocycles. The van der Waals surface area contributed by atoms with Crippen molar-refractivity contribution < 1.29 is 9.13 Å². The van der Waals surface area contributed by atoms with Gasteiger partial charge in [0.05, 0.1) is 8.95 Å². The van der Waals surface area contributed by atoms with Crippen LogP contribution in [0.15, 0.2) is 45.3 Å². The summed E-state index contributed by atoms with van der Waals surface area (Å²) in [6.45, 7) is 3.82. The van der Waals surface area contributed by atoms with Crippen LogP contribution in [-0.4, -0.2) is 6.54 Å². The van der Waals surface area contributed by atoms with Crippen LogP contribution in [-0.2, 0) is 6.54 Å². The van der Waals surface area contributed by atoms with Crippen molar-refractivity contribution in [1.29, 1.82) is 0 Å². The van der Waals surface area contributed by atoms with Crippen LogP contribution in [0.25, 0.3) is 0 Å². The monoisotopic (exact) mass is 401 g/mol. The lowest BCUT2D eigenvalue weighted by molar-refractivity contribution is 0.476. The van der Waals surface area contributed by atoms with Gasteiger partial charge in [-0.25, -0.2) is 4.39 Å². The maximum atomic E-state index is 13.2. The normalized spacial score (nSPS) is 10.6. The molecule has 0 aromatic heterocycles. The lowest BCUT2D eigenvalue weighted by atomic mass is 10.2. The van der Waals surface area contributed by atoms with Crippen LogP contribution in [0.3, 0.4) is 0 Å². The maximum absolute atomic E-state index is 13.2. The van der Waals surface area contributed by atoms with Gasteiger partial charge in [-0.2, -0.15) is 0 Å². The van der Waals surface area contributed by atoms with Gasteiger partial charge in [-0.05, 0) is 74.3 Å². The first-order valence-electron chi connectivity index (χ1n) is 6.22. The molecule has 20 heavy (non-hydrogen) atoms. The second-order valence-corrected chi connectivity index (χ2v) is 5.93. The molecule has 0 saturated carbocycles. The largest absolute Gasteiger partial charge is 0.456 e. The van der Waals surface area contributed by atoms with Gasteiger partial charge >= 0.3 is 0 Å². The highest BCUT2D eigenvalue weighted by Gasteiger charge is 2.06. The first-order chi connectivity index (χ1) is 9.60. The summed E-state index contributed by atoms with van der Waals surface area (Å²) in [5.74, 6) is 0.972. The van der Waals surface area contributed by atoms with E-state index in [1.807, 2.05) is 18.2 Å². The zero-order chi connectivity index (χ0) is 14.5. The van der Waals surface area contributed by atoms with Crippen molar-refractivity contribution in [3.63, 3.8) is 0 Å². The third-order valence-electron chi connectivity index (χ3n) is 2.69. The fourth-order valence-corrected chi connectivity index (χ4v) is 2.54. The van der Waals surface area contributed by atoms with Crippen molar-refractivity contribution in [1.82, 2.24) is 5.32 Å². The third kappa shape index (κ3) is 4.04. The Hall–Kier alpha value is -0.910. The van der Waals surface area contributed by atoms with Crippen molar-refractivity contribution in [2.45, 2.75) is 13.5 Å². The molecule has 0 spiro atoms. The zero-order valence-electron chi connectivity index (χ0n) is 10.9. The molecule has 1 N–H and O–H groups in total. The lowest BCUT2D eigenvalue weighted by Gasteiger charge is -2.10. The van der Waals surface area contributed by atoms with Crippen molar-refractivity contribution in [3.8, 4) is 11.5 Å². The number of ether oxygens (including phenoxy) is 1. The van der Waals surface area contributed by atoms with Crippen LogP contribution in [0.5, 0.6) is 11.5 Å². The lowest BCUT2D eigenvalue weighted by Crippen LogP contribution is -2.11. The van der Waals surface area contributed by atoms with Crippen LogP contribution in [0.2, 0.25) is 0 Å². The van der Waals surface area contributed by atoms with E-state index in [1.54, 1.807) is 12.1 Å². The van der Waals surface area contributed by atoms with E-state index < -0.39 is 0 Å². The Bertz CT molecular complexity index is 604. The summed E-state index contributed by atoms with van der Waals surface area (Å²) in [5, 5.41) is 3.27. The highest BCUT2D eigenvalue weighted by atomic mass is 79.9. The molecule has 0 aliphatic carbocycles. The molecule has 2 aromatic rings. The highest BCUT2D eigenvalue weighted by Crippen LogP contribution is 2.32. The van der Waals surface area contributed by atoms with Crippen molar-refractivity contribution in [3.05, 3.63) is 56.7 Å². The molecule has 0 aliphatic heterocycles. The molecular formula is C15H14Br2FNO. The second-order valence-electron chi connectivity index (χ2n) is 4.22. The smallest absolute Gasteiger partial charge is 0.141 e. The molecule has 0 atom stereocenters. The van der Waals surface area contributed by atoms with Gasteiger partial charge in [-0.3, -0.25) is 0 Å². The number of hydrogen-bond donors (Lipinski definition) is 1. The Morgan fingerprint density at radius 2 is 1.90 bits per heavy atom. The predicted molar refractivity (Wildman–Crippen MR) is 85.7 cm³/mol. The van der Waals surface area contributed by atoms with E-state index in [4.69, 9.17) is 4.74 Å². The van der Waals surface area contributed by atoms with E-state index in [9.17, 15) is 4.39 Å². The van der Waals surface area contributed by atoms with Gasteiger partial charge in [-0.15, -0.1) is 0 Å². The van der Waals surface area contributed by atoms with E-state index >= 15 is 0 Å². The summed E-state index contributed by atoms with van der Waals surface area (Å²) >= 11 is 6.63. The minimum absolute atomic E-state index is 0.308. The van der Waals surface area contributed by atoms with Gasteiger partial charge < -0.3 is 10.1 Å². The van der Waals surface area contributed by atoms with Crippen LogP contribution < -0.4 is 10.1 Å². The van der Waals surface area contributed by atoms with Crippen LogP contribution in [0.4, 0.5) is 4.39 Å². The van der Waals surface area contributed by atoms with Crippen LogP contribution in [0.1, 0.15) is 12.5 Å². The SMILES string of the molecule is CCNCc1ccc(Oc2ccc(F)c(Br)c2)c(Br)c1. The standard InChI is InChI=1S/C15H14Br2FNO/c1-2-19-9-10-3-6-15(13(17)7-10)20-11-4-5-14(18)12(16)8-11/h3-8,19H,2,9H2,1H3. The molecule has 5 heteroatoms. The molecular weight excluding hydrogens is 389 g/mol. The minimum Gasteiger partial charge on any atom is -0.456 e. The first-order valence-corrected chi connectivity index (χ1v) is 7.81. The van der Waals surface area contributed by atoms with Gasteiger partial charge in [-0.1, -0.05) is 13.0 Å². The zero-order valence-corrected chi connectivity index (χ0v) is 14.1. The molecule has 2 rings (SSSR count). The van der Waals surface area contributed by atoms with Crippen molar-refractivity contribution in [2.24, 2.45) is 0 Å². The molecule has 106 valence electrons. The Balaban J connectivity index is 2.14. The fraction of sp³-hybridized carbons (Fsp3) is 0.200. The maximum Gasteiger partial charge on any atom is 0.141 e.